The topological polar surface area (TPSA) is 39.7 Å². The van der Waals surface area contributed by atoms with Gasteiger partial charge in [-0.25, -0.2) is 0 Å². The molecule has 2 aromatic rings. The predicted molar refractivity (Wildman–Crippen MR) is 108 cm³/mol. The van der Waals surface area contributed by atoms with Gasteiger partial charge < -0.3 is 9.80 Å². The summed E-state index contributed by atoms with van der Waals surface area (Å²) in [5.74, 6) is 0.232. The molecule has 1 aromatic heterocycles. The Morgan fingerprint density at radius 1 is 0.963 bits per heavy atom. The van der Waals surface area contributed by atoms with Crippen LogP contribution >= 0.6 is 0 Å². The summed E-state index contributed by atoms with van der Waals surface area (Å²) in [5.41, 5.74) is 2.59. The molecule has 1 aliphatic heterocycles. The molecular formula is C22H30N4O. The van der Waals surface area contributed by atoms with Crippen molar-refractivity contribution in [2.75, 3.05) is 46.3 Å². The largest absolute Gasteiger partial charge is 0.345 e. The number of piperazine rings is 1. The monoisotopic (exact) mass is 366 g/mol. The van der Waals surface area contributed by atoms with E-state index in [2.05, 4.69) is 45.1 Å². The SMILES string of the molecule is CN(CCc1ccncc1)C(=O)CCN1CCN(Cc2ccccc2)CC1. The maximum atomic E-state index is 12.4. The number of rotatable bonds is 8. The van der Waals surface area contributed by atoms with Crippen LogP contribution in [0.4, 0.5) is 0 Å². The molecule has 144 valence electrons. The van der Waals surface area contributed by atoms with Gasteiger partial charge in [-0.15, -0.1) is 0 Å². The van der Waals surface area contributed by atoms with Crippen LogP contribution in [0.25, 0.3) is 0 Å². The Labute approximate surface area is 162 Å². The third-order valence-corrected chi connectivity index (χ3v) is 5.27. The van der Waals surface area contributed by atoms with Crippen molar-refractivity contribution in [3.05, 3.63) is 66.0 Å². The third kappa shape index (κ3) is 6.45. The van der Waals surface area contributed by atoms with Crippen molar-refractivity contribution in [2.45, 2.75) is 19.4 Å². The van der Waals surface area contributed by atoms with Crippen LogP contribution in [0.5, 0.6) is 0 Å². The fourth-order valence-corrected chi connectivity index (χ4v) is 3.43. The quantitative estimate of drug-likeness (QED) is 0.719. The molecule has 27 heavy (non-hydrogen) atoms. The van der Waals surface area contributed by atoms with Crippen LogP contribution in [-0.4, -0.2) is 71.9 Å². The normalized spacial score (nSPS) is 15.6. The van der Waals surface area contributed by atoms with Gasteiger partial charge in [-0.3, -0.25) is 14.7 Å². The number of hydrogen-bond donors (Lipinski definition) is 0. The summed E-state index contributed by atoms with van der Waals surface area (Å²) in [6.07, 6.45) is 5.08. The Kier molecular flexibility index (Phi) is 7.36. The summed E-state index contributed by atoms with van der Waals surface area (Å²) in [6.45, 7) is 6.86. The molecule has 0 unspecified atom stereocenters. The Hall–Kier alpha value is -2.24. The number of benzene rings is 1. The molecule has 1 aromatic carbocycles. The maximum absolute atomic E-state index is 12.4. The average Bonchev–Trinajstić information content (AvgIpc) is 2.73. The zero-order valence-corrected chi connectivity index (χ0v) is 16.3. The minimum Gasteiger partial charge on any atom is -0.345 e. The van der Waals surface area contributed by atoms with E-state index in [4.69, 9.17) is 0 Å². The minimum atomic E-state index is 0.232. The molecule has 0 aliphatic carbocycles. The van der Waals surface area contributed by atoms with E-state index >= 15 is 0 Å². The Bertz CT molecular complexity index is 684. The first-order valence-corrected chi connectivity index (χ1v) is 9.82. The van der Waals surface area contributed by atoms with Crippen molar-refractivity contribution in [1.29, 1.82) is 0 Å². The van der Waals surface area contributed by atoms with Crippen LogP contribution in [0.15, 0.2) is 54.9 Å². The van der Waals surface area contributed by atoms with E-state index in [1.165, 1.54) is 11.1 Å². The van der Waals surface area contributed by atoms with Gasteiger partial charge in [-0.1, -0.05) is 30.3 Å². The van der Waals surface area contributed by atoms with E-state index in [1.54, 1.807) is 12.4 Å². The van der Waals surface area contributed by atoms with Crippen molar-refractivity contribution >= 4 is 5.91 Å². The molecular weight excluding hydrogens is 336 g/mol. The first kappa shape index (κ1) is 19.5. The second-order valence-electron chi connectivity index (χ2n) is 7.27. The fraction of sp³-hybridized carbons (Fsp3) is 0.455. The molecule has 0 bridgehead atoms. The van der Waals surface area contributed by atoms with Gasteiger partial charge >= 0.3 is 0 Å². The maximum Gasteiger partial charge on any atom is 0.223 e. The van der Waals surface area contributed by atoms with Crippen molar-refractivity contribution in [3.63, 3.8) is 0 Å². The van der Waals surface area contributed by atoms with E-state index in [0.717, 1.165) is 52.2 Å². The molecule has 0 saturated carbocycles. The zero-order valence-electron chi connectivity index (χ0n) is 16.3. The van der Waals surface area contributed by atoms with Gasteiger partial charge in [-0.2, -0.15) is 0 Å². The molecule has 0 atom stereocenters. The number of pyridine rings is 1. The first-order valence-electron chi connectivity index (χ1n) is 9.82. The third-order valence-electron chi connectivity index (χ3n) is 5.27. The van der Waals surface area contributed by atoms with E-state index in [-0.39, 0.29) is 5.91 Å². The van der Waals surface area contributed by atoms with Crippen LogP contribution < -0.4 is 0 Å². The average molecular weight is 367 g/mol. The number of hydrogen-bond acceptors (Lipinski definition) is 4. The summed E-state index contributed by atoms with van der Waals surface area (Å²) < 4.78 is 0. The summed E-state index contributed by atoms with van der Waals surface area (Å²) >= 11 is 0. The van der Waals surface area contributed by atoms with E-state index in [0.29, 0.717) is 6.42 Å². The van der Waals surface area contributed by atoms with Crippen LogP contribution in [0.3, 0.4) is 0 Å². The molecule has 0 spiro atoms. The number of carbonyl (C=O) groups is 1. The van der Waals surface area contributed by atoms with Crippen LogP contribution in [-0.2, 0) is 17.8 Å². The molecule has 0 N–H and O–H groups in total. The molecule has 0 radical (unpaired) electrons. The number of amides is 1. The van der Waals surface area contributed by atoms with E-state index < -0.39 is 0 Å². The van der Waals surface area contributed by atoms with Gasteiger partial charge in [0.15, 0.2) is 0 Å². The second-order valence-corrected chi connectivity index (χ2v) is 7.27. The minimum absolute atomic E-state index is 0.232. The number of likely N-dealkylation sites (N-methyl/N-ethyl adjacent to an activating group) is 1. The summed E-state index contributed by atoms with van der Waals surface area (Å²) in [6, 6.07) is 14.7. The van der Waals surface area contributed by atoms with Gasteiger partial charge in [0.05, 0.1) is 0 Å². The summed E-state index contributed by atoms with van der Waals surface area (Å²) in [7, 11) is 1.90. The van der Waals surface area contributed by atoms with Gasteiger partial charge in [0.1, 0.15) is 0 Å². The predicted octanol–water partition coefficient (Wildman–Crippen LogP) is 2.29. The Morgan fingerprint density at radius 3 is 2.33 bits per heavy atom. The lowest BCUT2D eigenvalue weighted by atomic mass is 10.2. The highest BCUT2D eigenvalue weighted by Crippen LogP contribution is 2.09. The Morgan fingerprint density at radius 2 is 1.63 bits per heavy atom. The lowest BCUT2D eigenvalue weighted by Gasteiger charge is -2.34. The standard InChI is InChI=1S/C22H30N4O/c1-24(13-9-20-7-11-23-12-8-20)22(27)10-14-25-15-17-26(18-16-25)19-21-5-3-2-4-6-21/h2-8,11-12H,9-10,13-19H2,1H3. The van der Waals surface area contributed by atoms with Crippen molar-refractivity contribution in [3.8, 4) is 0 Å². The highest BCUT2D eigenvalue weighted by Gasteiger charge is 2.18. The molecule has 1 aliphatic rings. The first-order chi connectivity index (χ1) is 13.2. The van der Waals surface area contributed by atoms with Crippen LogP contribution in [0.2, 0.25) is 0 Å². The fourth-order valence-electron chi connectivity index (χ4n) is 3.43. The molecule has 1 fully saturated rings. The lowest BCUT2D eigenvalue weighted by Crippen LogP contribution is -2.46. The van der Waals surface area contributed by atoms with Crippen LogP contribution in [0.1, 0.15) is 17.5 Å². The summed E-state index contributed by atoms with van der Waals surface area (Å²) in [5, 5.41) is 0. The van der Waals surface area contributed by atoms with Gasteiger partial charge in [0.25, 0.3) is 0 Å². The molecule has 1 saturated heterocycles. The number of aromatic nitrogens is 1. The molecule has 1 amide bonds. The Balaban J connectivity index is 1.32. The molecule has 2 heterocycles. The van der Waals surface area contributed by atoms with Crippen molar-refractivity contribution in [1.82, 2.24) is 19.7 Å². The van der Waals surface area contributed by atoms with Crippen molar-refractivity contribution < 1.29 is 4.79 Å². The molecule has 5 heteroatoms. The number of nitrogens with zero attached hydrogens (tertiary/aromatic N) is 4. The van der Waals surface area contributed by atoms with Crippen molar-refractivity contribution in [2.24, 2.45) is 0 Å². The van der Waals surface area contributed by atoms with Gasteiger partial charge in [0, 0.05) is 71.7 Å². The van der Waals surface area contributed by atoms with Crippen LogP contribution in [0, 0.1) is 0 Å². The van der Waals surface area contributed by atoms with Gasteiger partial charge in [0.2, 0.25) is 5.91 Å². The van der Waals surface area contributed by atoms with E-state index in [9.17, 15) is 4.79 Å². The highest BCUT2D eigenvalue weighted by molar-refractivity contribution is 5.76. The zero-order chi connectivity index (χ0) is 18.9. The number of carbonyl (C=O) groups excluding carboxylic acids is 1. The molecule has 5 nitrogen and oxygen atoms in total. The highest BCUT2D eigenvalue weighted by atomic mass is 16.2. The second kappa shape index (κ2) is 10.2. The summed E-state index contributed by atoms with van der Waals surface area (Å²) in [4.78, 5) is 23.2. The van der Waals surface area contributed by atoms with Gasteiger partial charge in [-0.05, 0) is 29.7 Å². The van der Waals surface area contributed by atoms with E-state index in [1.807, 2.05) is 24.1 Å². The lowest BCUT2D eigenvalue weighted by molar-refractivity contribution is -0.130. The molecule has 3 rings (SSSR count). The smallest absolute Gasteiger partial charge is 0.223 e.